The fourth-order valence-corrected chi connectivity index (χ4v) is 3.68. The number of aromatic nitrogens is 4. The first-order chi connectivity index (χ1) is 15.6. The molecule has 0 spiro atoms. The van der Waals surface area contributed by atoms with Crippen LogP contribution in [-0.4, -0.2) is 45.0 Å². The van der Waals surface area contributed by atoms with Gasteiger partial charge in [0.15, 0.2) is 11.5 Å². The van der Waals surface area contributed by atoms with Crippen LogP contribution in [0.1, 0.15) is 36.3 Å². The van der Waals surface area contributed by atoms with Crippen LogP contribution in [0, 0.1) is 0 Å². The SMILES string of the molecule is O=C(Nc1ccc(-n2nnc(C(=O)NC3CCCC3)n2)cc1)Nc1ccc2c(c1)OCO2. The minimum Gasteiger partial charge on any atom is -0.454 e. The molecule has 5 rings (SSSR count). The third-order valence-corrected chi connectivity index (χ3v) is 5.29. The zero-order valence-corrected chi connectivity index (χ0v) is 17.1. The van der Waals surface area contributed by atoms with Crippen LogP contribution in [0.5, 0.6) is 11.5 Å². The van der Waals surface area contributed by atoms with Crippen molar-refractivity contribution in [3.63, 3.8) is 0 Å². The van der Waals surface area contributed by atoms with E-state index in [4.69, 9.17) is 9.47 Å². The fourth-order valence-electron chi connectivity index (χ4n) is 3.68. The van der Waals surface area contributed by atoms with Gasteiger partial charge in [0.05, 0.1) is 5.69 Å². The molecule has 0 atom stereocenters. The number of rotatable bonds is 5. The summed E-state index contributed by atoms with van der Waals surface area (Å²) in [7, 11) is 0. The number of amides is 3. The molecule has 1 saturated carbocycles. The van der Waals surface area contributed by atoms with E-state index in [9.17, 15) is 9.59 Å². The number of carbonyl (C=O) groups is 2. The molecule has 0 radical (unpaired) electrons. The van der Waals surface area contributed by atoms with Crippen molar-refractivity contribution in [3.8, 4) is 17.2 Å². The number of carbonyl (C=O) groups excluding carboxylic acids is 2. The Kier molecular flexibility index (Phi) is 5.28. The van der Waals surface area contributed by atoms with Gasteiger partial charge >= 0.3 is 6.03 Å². The van der Waals surface area contributed by atoms with Crippen molar-refractivity contribution in [2.45, 2.75) is 31.7 Å². The summed E-state index contributed by atoms with van der Waals surface area (Å²) >= 11 is 0. The quantitative estimate of drug-likeness (QED) is 0.561. The van der Waals surface area contributed by atoms with Crippen molar-refractivity contribution in [1.29, 1.82) is 0 Å². The van der Waals surface area contributed by atoms with E-state index in [1.807, 2.05) is 0 Å². The van der Waals surface area contributed by atoms with Crippen LogP contribution in [0.25, 0.3) is 5.69 Å². The highest BCUT2D eigenvalue weighted by Gasteiger charge is 2.21. The van der Waals surface area contributed by atoms with Crippen molar-refractivity contribution in [3.05, 3.63) is 48.3 Å². The number of fused-ring (bicyclic) bond motifs is 1. The van der Waals surface area contributed by atoms with E-state index < -0.39 is 6.03 Å². The molecule has 1 aromatic heterocycles. The summed E-state index contributed by atoms with van der Waals surface area (Å²) in [5, 5.41) is 20.4. The van der Waals surface area contributed by atoms with E-state index in [1.165, 1.54) is 4.80 Å². The van der Waals surface area contributed by atoms with Crippen molar-refractivity contribution in [2.75, 3.05) is 17.4 Å². The number of hydrogen-bond donors (Lipinski definition) is 3. The maximum atomic E-state index is 12.3. The molecule has 32 heavy (non-hydrogen) atoms. The Balaban J connectivity index is 1.18. The smallest absolute Gasteiger partial charge is 0.323 e. The molecule has 3 N–H and O–H groups in total. The van der Waals surface area contributed by atoms with E-state index in [0.29, 0.717) is 28.6 Å². The average Bonchev–Trinajstić information content (AvgIpc) is 3.55. The Morgan fingerprint density at radius 3 is 2.47 bits per heavy atom. The van der Waals surface area contributed by atoms with Gasteiger partial charge in [0.2, 0.25) is 6.79 Å². The predicted octanol–water partition coefficient (Wildman–Crippen LogP) is 2.71. The number of tetrazole rings is 1. The zero-order chi connectivity index (χ0) is 21.9. The first-order valence-electron chi connectivity index (χ1n) is 10.3. The largest absolute Gasteiger partial charge is 0.454 e. The number of urea groups is 1. The molecule has 2 heterocycles. The molecule has 164 valence electrons. The van der Waals surface area contributed by atoms with E-state index in [2.05, 4.69) is 31.4 Å². The first-order valence-corrected chi connectivity index (χ1v) is 10.3. The standard InChI is InChI=1S/C21H21N7O4/c29-20(22-13-3-1-2-4-13)19-25-27-28(26-19)16-8-5-14(6-9-16)23-21(30)24-15-7-10-17-18(11-15)32-12-31-17/h5-11,13H,1-4,12H2,(H,22,29)(H2,23,24,30). The third-order valence-electron chi connectivity index (χ3n) is 5.29. The van der Waals surface area contributed by atoms with Gasteiger partial charge in [-0.05, 0) is 54.5 Å². The zero-order valence-electron chi connectivity index (χ0n) is 17.1. The van der Waals surface area contributed by atoms with Gasteiger partial charge in [-0.25, -0.2) is 4.79 Å². The second kappa shape index (κ2) is 8.53. The van der Waals surface area contributed by atoms with Gasteiger partial charge in [-0.3, -0.25) is 4.79 Å². The van der Waals surface area contributed by atoms with Gasteiger partial charge < -0.3 is 25.4 Å². The summed E-state index contributed by atoms with van der Waals surface area (Å²) in [5.74, 6) is 0.944. The molecule has 0 bridgehead atoms. The Morgan fingerprint density at radius 2 is 1.66 bits per heavy atom. The number of ether oxygens (including phenoxy) is 2. The Hall–Kier alpha value is -4.15. The molecule has 3 aromatic rings. The molecule has 0 saturated heterocycles. The van der Waals surface area contributed by atoms with Gasteiger partial charge in [-0.1, -0.05) is 12.8 Å². The van der Waals surface area contributed by atoms with Crippen LogP contribution in [0.2, 0.25) is 0 Å². The van der Waals surface area contributed by atoms with E-state index in [1.54, 1.807) is 42.5 Å². The van der Waals surface area contributed by atoms with Gasteiger partial charge in [0.25, 0.3) is 11.7 Å². The van der Waals surface area contributed by atoms with Crippen LogP contribution in [0.3, 0.4) is 0 Å². The molecule has 11 nitrogen and oxygen atoms in total. The fraction of sp³-hybridized carbons (Fsp3) is 0.286. The summed E-state index contributed by atoms with van der Waals surface area (Å²) in [5.41, 5.74) is 1.77. The Labute approximate surface area is 183 Å². The van der Waals surface area contributed by atoms with Crippen LogP contribution in [0.15, 0.2) is 42.5 Å². The van der Waals surface area contributed by atoms with Crippen LogP contribution >= 0.6 is 0 Å². The highest BCUT2D eigenvalue weighted by molar-refractivity contribution is 6.00. The highest BCUT2D eigenvalue weighted by Crippen LogP contribution is 2.34. The second-order valence-corrected chi connectivity index (χ2v) is 7.55. The number of anilines is 2. The normalized spacial score (nSPS) is 14.9. The van der Waals surface area contributed by atoms with Crippen LogP contribution in [0.4, 0.5) is 16.2 Å². The van der Waals surface area contributed by atoms with Crippen molar-refractivity contribution < 1.29 is 19.1 Å². The Morgan fingerprint density at radius 1 is 0.938 bits per heavy atom. The predicted molar refractivity (Wildman–Crippen MR) is 114 cm³/mol. The molecule has 1 aliphatic heterocycles. The molecule has 1 aliphatic carbocycles. The molecule has 2 aromatic carbocycles. The summed E-state index contributed by atoms with van der Waals surface area (Å²) in [6, 6.07) is 11.8. The van der Waals surface area contributed by atoms with Gasteiger partial charge in [0, 0.05) is 23.5 Å². The maximum Gasteiger partial charge on any atom is 0.323 e. The molecule has 3 amide bonds. The second-order valence-electron chi connectivity index (χ2n) is 7.55. The molecule has 11 heteroatoms. The van der Waals surface area contributed by atoms with Crippen molar-refractivity contribution >= 4 is 23.3 Å². The van der Waals surface area contributed by atoms with E-state index in [0.717, 1.165) is 25.7 Å². The van der Waals surface area contributed by atoms with Crippen molar-refractivity contribution in [2.24, 2.45) is 0 Å². The van der Waals surface area contributed by atoms with Crippen LogP contribution in [-0.2, 0) is 0 Å². The number of benzene rings is 2. The molecular weight excluding hydrogens is 414 g/mol. The summed E-state index contributed by atoms with van der Waals surface area (Å²) < 4.78 is 10.6. The molecule has 0 unspecified atom stereocenters. The summed E-state index contributed by atoms with van der Waals surface area (Å²) in [4.78, 5) is 25.8. The van der Waals surface area contributed by atoms with Crippen molar-refractivity contribution in [1.82, 2.24) is 25.5 Å². The molecular formula is C21H21N7O4. The maximum absolute atomic E-state index is 12.3. The Bertz CT molecular complexity index is 1140. The molecule has 2 aliphatic rings. The minimum atomic E-state index is -0.402. The lowest BCUT2D eigenvalue weighted by atomic mass is 10.2. The van der Waals surface area contributed by atoms with E-state index >= 15 is 0 Å². The summed E-state index contributed by atoms with van der Waals surface area (Å²) in [6.45, 7) is 0.171. The first kappa shape index (κ1) is 19.8. The number of nitrogens with zero attached hydrogens (tertiary/aromatic N) is 4. The topological polar surface area (TPSA) is 132 Å². The lowest BCUT2D eigenvalue weighted by Gasteiger charge is -2.09. The minimum absolute atomic E-state index is 0.0298. The van der Waals surface area contributed by atoms with Gasteiger partial charge in [-0.2, -0.15) is 0 Å². The average molecular weight is 435 g/mol. The third kappa shape index (κ3) is 4.31. The monoisotopic (exact) mass is 435 g/mol. The van der Waals surface area contributed by atoms with Crippen LogP contribution < -0.4 is 25.4 Å². The lowest BCUT2D eigenvalue weighted by Crippen LogP contribution is -2.33. The van der Waals surface area contributed by atoms with Gasteiger partial charge in [0.1, 0.15) is 0 Å². The van der Waals surface area contributed by atoms with E-state index in [-0.39, 0.29) is 24.6 Å². The highest BCUT2D eigenvalue weighted by atomic mass is 16.7. The lowest BCUT2D eigenvalue weighted by molar-refractivity contribution is 0.0927. The number of hydrogen-bond acceptors (Lipinski definition) is 7. The molecule has 1 fully saturated rings. The summed E-state index contributed by atoms with van der Waals surface area (Å²) in [6.07, 6.45) is 4.22. The number of nitrogens with one attached hydrogen (secondary N) is 3. The van der Waals surface area contributed by atoms with Gasteiger partial charge in [-0.15, -0.1) is 15.0 Å².